The number of nitrogens with one attached hydrogen (secondary N) is 1. The molecule has 2 aromatic rings. The summed E-state index contributed by atoms with van der Waals surface area (Å²) in [6.45, 7) is 0. The summed E-state index contributed by atoms with van der Waals surface area (Å²) in [7, 11) is 0. The SMILES string of the molecule is CSc1ncc(Cl)c(C(=O)Nc2nccs2)n1. The molecule has 0 spiro atoms. The van der Waals surface area contributed by atoms with Gasteiger partial charge in [-0.25, -0.2) is 15.0 Å². The van der Waals surface area contributed by atoms with E-state index in [1.165, 1.54) is 29.3 Å². The maximum atomic E-state index is 11.9. The fourth-order valence-electron chi connectivity index (χ4n) is 1.05. The highest BCUT2D eigenvalue weighted by molar-refractivity contribution is 7.98. The lowest BCUT2D eigenvalue weighted by Crippen LogP contribution is -2.14. The third-order valence-corrected chi connectivity index (χ3v) is 3.30. The molecule has 8 heteroatoms. The van der Waals surface area contributed by atoms with Crippen LogP contribution in [0.4, 0.5) is 5.13 Å². The van der Waals surface area contributed by atoms with Gasteiger partial charge in [0, 0.05) is 11.6 Å². The lowest BCUT2D eigenvalue weighted by Gasteiger charge is -2.03. The predicted octanol–water partition coefficient (Wildman–Crippen LogP) is 2.56. The Morgan fingerprint density at radius 1 is 1.53 bits per heavy atom. The molecule has 0 aliphatic heterocycles. The van der Waals surface area contributed by atoms with Crippen LogP contribution >= 0.6 is 34.7 Å². The highest BCUT2D eigenvalue weighted by Gasteiger charge is 2.14. The number of hydrogen-bond donors (Lipinski definition) is 1. The molecule has 0 saturated heterocycles. The third kappa shape index (κ3) is 2.93. The van der Waals surface area contributed by atoms with Crippen LogP contribution < -0.4 is 5.32 Å². The van der Waals surface area contributed by atoms with Crippen molar-refractivity contribution < 1.29 is 4.79 Å². The Morgan fingerprint density at radius 2 is 2.35 bits per heavy atom. The molecule has 0 saturated carbocycles. The molecule has 2 rings (SSSR count). The summed E-state index contributed by atoms with van der Waals surface area (Å²) in [6, 6.07) is 0. The summed E-state index contributed by atoms with van der Waals surface area (Å²) in [5.74, 6) is -0.386. The number of carbonyl (C=O) groups is 1. The number of nitrogens with zero attached hydrogens (tertiary/aromatic N) is 3. The van der Waals surface area contributed by atoms with Crippen molar-refractivity contribution >= 4 is 45.7 Å². The van der Waals surface area contributed by atoms with Crippen molar-refractivity contribution in [3.05, 3.63) is 28.5 Å². The molecule has 0 aromatic carbocycles. The molecule has 1 amide bonds. The second kappa shape index (κ2) is 5.44. The van der Waals surface area contributed by atoms with E-state index in [0.29, 0.717) is 10.3 Å². The van der Waals surface area contributed by atoms with Gasteiger partial charge in [0.05, 0.1) is 11.2 Å². The Balaban J connectivity index is 2.24. The number of aromatic nitrogens is 3. The van der Waals surface area contributed by atoms with Gasteiger partial charge in [-0.2, -0.15) is 0 Å². The zero-order valence-electron chi connectivity index (χ0n) is 8.68. The van der Waals surface area contributed by atoms with Gasteiger partial charge in [-0.05, 0) is 6.26 Å². The molecular formula is C9H7ClN4OS2. The summed E-state index contributed by atoms with van der Waals surface area (Å²) in [6.07, 6.45) is 4.85. The number of rotatable bonds is 3. The van der Waals surface area contributed by atoms with Gasteiger partial charge in [-0.3, -0.25) is 10.1 Å². The minimum Gasteiger partial charge on any atom is -0.296 e. The molecule has 1 N–H and O–H groups in total. The zero-order chi connectivity index (χ0) is 12.3. The van der Waals surface area contributed by atoms with Gasteiger partial charge in [-0.15, -0.1) is 11.3 Å². The number of amides is 1. The Labute approximate surface area is 111 Å². The van der Waals surface area contributed by atoms with Crippen molar-refractivity contribution in [2.45, 2.75) is 5.16 Å². The number of hydrogen-bond acceptors (Lipinski definition) is 6. The van der Waals surface area contributed by atoms with Crippen LogP contribution in [0.3, 0.4) is 0 Å². The third-order valence-electron chi connectivity index (χ3n) is 1.77. The van der Waals surface area contributed by atoms with E-state index in [2.05, 4.69) is 20.3 Å². The number of anilines is 1. The lowest BCUT2D eigenvalue weighted by molar-refractivity contribution is 0.102. The number of carbonyl (C=O) groups excluding carboxylic acids is 1. The second-order valence-corrected chi connectivity index (χ2v) is 4.92. The molecule has 0 fully saturated rings. The summed E-state index contributed by atoms with van der Waals surface area (Å²) < 4.78 is 0. The summed E-state index contributed by atoms with van der Waals surface area (Å²) in [5.41, 5.74) is 0.154. The van der Waals surface area contributed by atoms with Gasteiger partial charge in [0.25, 0.3) is 5.91 Å². The zero-order valence-corrected chi connectivity index (χ0v) is 11.1. The molecule has 17 heavy (non-hydrogen) atoms. The summed E-state index contributed by atoms with van der Waals surface area (Å²) in [5, 5.41) is 5.61. The first kappa shape index (κ1) is 12.3. The van der Waals surface area contributed by atoms with Crippen LogP contribution in [0.25, 0.3) is 0 Å². The quantitative estimate of drug-likeness (QED) is 0.694. The molecule has 0 aliphatic rings. The minimum atomic E-state index is -0.386. The Bertz CT molecular complexity index is 532. The molecule has 88 valence electrons. The van der Waals surface area contributed by atoms with E-state index in [1.807, 2.05) is 6.26 Å². The first-order chi connectivity index (χ1) is 8.20. The molecule has 0 bridgehead atoms. The van der Waals surface area contributed by atoms with Crippen LogP contribution in [0, 0.1) is 0 Å². The largest absolute Gasteiger partial charge is 0.296 e. The smallest absolute Gasteiger partial charge is 0.277 e. The van der Waals surface area contributed by atoms with Crippen LogP contribution in [0.15, 0.2) is 22.9 Å². The number of thiazole rings is 1. The van der Waals surface area contributed by atoms with Crippen LogP contribution in [-0.4, -0.2) is 27.1 Å². The highest BCUT2D eigenvalue weighted by atomic mass is 35.5. The van der Waals surface area contributed by atoms with Crippen molar-refractivity contribution in [1.29, 1.82) is 0 Å². The molecule has 0 radical (unpaired) electrons. The van der Waals surface area contributed by atoms with Crippen LogP contribution in [-0.2, 0) is 0 Å². The fourth-order valence-corrected chi connectivity index (χ4v) is 2.09. The first-order valence-electron chi connectivity index (χ1n) is 4.48. The van der Waals surface area contributed by atoms with Crippen LogP contribution in [0.2, 0.25) is 5.02 Å². The predicted molar refractivity (Wildman–Crippen MR) is 68.9 cm³/mol. The van der Waals surface area contributed by atoms with E-state index < -0.39 is 0 Å². The maximum Gasteiger partial charge on any atom is 0.277 e. The molecule has 0 atom stereocenters. The minimum absolute atomic E-state index is 0.154. The van der Waals surface area contributed by atoms with E-state index in [9.17, 15) is 4.79 Å². The fraction of sp³-hybridized carbons (Fsp3) is 0.111. The second-order valence-electron chi connectivity index (χ2n) is 2.84. The molecule has 2 heterocycles. The topological polar surface area (TPSA) is 67.8 Å². The van der Waals surface area contributed by atoms with Crippen molar-refractivity contribution in [3.63, 3.8) is 0 Å². The first-order valence-corrected chi connectivity index (χ1v) is 6.96. The van der Waals surface area contributed by atoms with Crippen molar-refractivity contribution in [2.75, 3.05) is 11.6 Å². The molecular weight excluding hydrogens is 280 g/mol. The molecule has 0 unspecified atom stereocenters. The normalized spacial score (nSPS) is 10.2. The van der Waals surface area contributed by atoms with Gasteiger partial charge < -0.3 is 0 Å². The van der Waals surface area contributed by atoms with Crippen molar-refractivity contribution in [2.24, 2.45) is 0 Å². The van der Waals surface area contributed by atoms with Gasteiger partial charge >= 0.3 is 0 Å². The van der Waals surface area contributed by atoms with Gasteiger partial charge in [0.15, 0.2) is 16.0 Å². The molecule has 2 aromatic heterocycles. The van der Waals surface area contributed by atoms with E-state index in [1.54, 1.807) is 11.6 Å². The van der Waals surface area contributed by atoms with E-state index in [-0.39, 0.29) is 16.6 Å². The van der Waals surface area contributed by atoms with E-state index in [0.717, 1.165) is 0 Å². The standard InChI is InChI=1S/C9H7ClN4OS2/c1-16-8-12-4-5(10)6(13-8)7(15)14-9-11-2-3-17-9/h2-4H,1H3,(H,11,14,15). The van der Waals surface area contributed by atoms with Gasteiger partial charge in [-0.1, -0.05) is 23.4 Å². The molecule has 5 nitrogen and oxygen atoms in total. The van der Waals surface area contributed by atoms with Crippen molar-refractivity contribution in [1.82, 2.24) is 15.0 Å². The average Bonchev–Trinajstić information content (AvgIpc) is 2.82. The Morgan fingerprint density at radius 3 is 3.00 bits per heavy atom. The van der Waals surface area contributed by atoms with E-state index >= 15 is 0 Å². The van der Waals surface area contributed by atoms with Crippen LogP contribution in [0.5, 0.6) is 0 Å². The van der Waals surface area contributed by atoms with Crippen molar-refractivity contribution in [3.8, 4) is 0 Å². The summed E-state index contributed by atoms with van der Waals surface area (Å²) in [4.78, 5) is 23.8. The van der Waals surface area contributed by atoms with Gasteiger partial charge in [0.2, 0.25) is 0 Å². The lowest BCUT2D eigenvalue weighted by atomic mass is 10.4. The number of halogens is 1. The molecule has 0 aliphatic carbocycles. The Kier molecular flexibility index (Phi) is 3.93. The Hall–Kier alpha value is -1.18. The monoisotopic (exact) mass is 286 g/mol. The van der Waals surface area contributed by atoms with E-state index in [4.69, 9.17) is 11.6 Å². The highest BCUT2D eigenvalue weighted by Crippen LogP contribution is 2.18. The van der Waals surface area contributed by atoms with Gasteiger partial charge in [0.1, 0.15) is 0 Å². The van der Waals surface area contributed by atoms with Crippen LogP contribution in [0.1, 0.15) is 10.5 Å². The summed E-state index contributed by atoms with van der Waals surface area (Å²) >= 11 is 8.55. The maximum absolute atomic E-state index is 11.9. The average molecular weight is 287 g/mol. The number of thioether (sulfide) groups is 1.